The molecule has 0 unspecified atom stereocenters. The lowest BCUT2D eigenvalue weighted by atomic mass is 9.96. The van der Waals surface area contributed by atoms with Crippen LogP contribution in [-0.4, -0.2) is 49.4 Å². The molecule has 0 radical (unpaired) electrons. The van der Waals surface area contributed by atoms with E-state index in [1.54, 1.807) is 4.90 Å². The second-order valence-corrected chi connectivity index (χ2v) is 4.49. The first-order valence-corrected chi connectivity index (χ1v) is 6.03. The van der Waals surface area contributed by atoms with E-state index in [9.17, 15) is 9.59 Å². The molecule has 2 aliphatic rings. The lowest BCUT2D eigenvalue weighted by Crippen LogP contribution is -2.43. The van der Waals surface area contributed by atoms with Crippen molar-refractivity contribution in [1.29, 1.82) is 0 Å². The molecule has 5 heteroatoms. The lowest BCUT2D eigenvalue weighted by Gasteiger charge is -2.28. The van der Waals surface area contributed by atoms with Crippen molar-refractivity contribution in [1.82, 2.24) is 15.5 Å². The zero-order valence-corrected chi connectivity index (χ0v) is 9.50. The predicted octanol–water partition coefficient (Wildman–Crippen LogP) is -0.665. The van der Waals surface area contributed by atoms with Gasteiger partial charge in [0, 0.05) is 19.0 Å². The van der Waals surface area contributed by atoms with Crippen LogP contribution in [0.2, 0.25) is 0 Å². The Morgan fingerprint density at radius 2 is 2.00 bits per heavy atom. The predicted molar refractivity (Wildman–Crippen MR) is 59.8 cm³/mol. The molecular weight excluding hydrogens is 206 g/mol. The van der Waals surface area contributed by atoms with Gasteiger partial charge in [0.25, 0.3) is 0 Å². The molecule has 16 heavy (non-hydrogen) atoms. The summed E-state index contributed by atoms with van der Waals surface area (Å²) in [5.41, 5.74) is 0. The molecule has 2 saturated heterocycles. The third-order valence-corrected chi connectivity index (χ3v) is 3.26. The van der Waals surface area contributed by atoms with Crippen molar-refractivity contribution in [2.45, 2.75) is 19.3 Å². The molecule has 5 nitrogen and oxygen atoms in total. The van der Waals surface area contributed by atoms with E-state index in [1.165, 1.54) is 0 Å². The molecule has 90 valence electrons. The van der Waals surface area contributed by atoms with Crippen molar-refractivity contribution in [2.24, 2.45) is 5.92 Å². The Morgan fingerprint density at radius 3 is 2.75 bits per heavy atom. The van der Waals surface area contributed by atoms with Crippen LogP contribution >= 0.6 is 0 Å². The summed E-state index contributed by atoms with van der Waals surface area (Å²) in [5, 5.41) is 6.03. The minimum absolute atomic E-state index is 0.0280. The van der Waals surface area contributed by atoms with E-state index in [2.05, 4.69) is 10.6 Å². The zero-order valence-electron chi connectivity index (χ0n) is 9.50. The van der Waals surface area contributed by atoms with Gasteiger partial charge in [-0.2, -0.15) is 0 Å². The molecule has 2 fully saturated rings. The molecule has 2 heterocycles. The van der Waals surface area contributed by atoms with Gasteiger partial charge in [-0.25, -0.2) is 0 Å². The highest BCUT2D eigenvalue weighted by Gasteiger charge is 2.27. The topological polar surface area (TPSA) is 61.4 Å². The smallest absolute Gasteiger partial charge is 0.239 e. The fourth-order valence-electron chi connectivity index (χ4n) is 2.32. The minimum Gasteiger partial charge on any atom is -0.354 e. The van der Waals surface area contributed by atoms with Gasteiger partial charge in [0.2, 0.25) is 11.8 Å². The average molecular weight is 225 g/mol. The van der Waals surface area contributed by atoms with Gasteiger partial charge in [0.1, 0.15) is 0 Å². The number of hydrogen-bond donors (Lipinski definition) is 2. The number of carbonyl (C=O) groups excluding carboxylic acids is 2. The fraction of sp³-hybridized carbons (Fsp3) is 0.818. The Morgan fingerprint density at radius 1 is 1.25 bits per heavy atom. The van der Waals surface area contributed by atoms with Crippen molar-refractivity contribution in [3.05, 3.63) is 0 Å². The number of amides is 2. The largest absolute Gasteiger partial charge is 0.354 e. The van der Waals surface area contributed by atoms with Crippen LogP contribution in [0, 0.1) is 5.92 Å². The SMILES string of the molecule is O=C1CN(C(=O)C2CCNCC2)CCCN1. The second kappa shape index (κ2) is 5.30. The standard InChI is InChI=1S/C11H19N3O2/c15-10-8-14(7-1-4-13-10)11(16)9-2-5-12-6-3-9/h9,12H,1-8H2,(H,13,15). The summed E-state index contributed by atoms with van der Waals surface area (Å²) < 4.78 is 0. The van der Waals surface area contributed by atoms with E-state index in [1.807, 2.05) is 0 Å². The molecule has 0 atom stereocenters. The van der Waals surface area contributed by atoms with Gasteiger partial charge in [-0.15, -0.1) is 0 Å². The van der Waals surface area contributed by atoms with Crippen LogP contribution in [0.1, 0.15) is 19.3 Å². The molecule has 0 spiro atoms. The van der Waals surface area contributed by atoms with Crippen molar-refractivity contribution < 1.29 is 9.59 Å². The monoisotopic (exact) mass is 225 g/mol. The first kappa shape index (κ1) is 11.4. The van der Waals surface area contributed by atoms with Crippen LogP contribution in [-0.2, 0) is 9.59 Å². The van der Waals surface area contributed by atoms with E-state index >= 15 is 0 Å². The van der Waals surface area contributed by atoms with Crippen LogP contribution in [0.3, 0.4) is 0 Å². The fourth-order valence-corrected chi connectivity index (χ4v) is 2.32. The summed E-state index contributed by atoms with van der Waals surface area (Å²) in [4.78, 5) is 25.3. The molecule has 0 saturated carbocycles. The normalized spacial score (nSPS) is 23.8. The molecule has 2 amide bonds. The van der Waals surface area contributed by atoms with Gasteiger partial charge in [-0.05, 0) is 32.4 Å². The first-order valence-electron chi connectivity index (χ1n) is 6.03. The van der Waals surface area contributed by atoms with Gasteiger partial charge < -0.3 is 15.5 Å². The molecule has 0 aromatic carbocycles. The molecule has 2 N–H and O–H groups in total. The van der Waals surface area contributed by atoms with Gasteiger partial charge in [0.15, 0.2) is 0 Å². The van der Waals surface area contributed by atoms with Crippen LogP contribution < -0.4 is 10.6 Å². The third-order valence-electron chi connectivity index (χ3n) is 3.26. The number of rotatable bonds is 1. The molecule has 0 bridgehead atoms. The molecule has 2 rings (SSSR count). The van der Waals surface area contributed by atoms with Gasteiger partial charge in [0.05, 0.1) is 6.54 Å². The summed E-state index contributed by atoms with van der Waals surface area (Å²) in [6.45, 7) is 3.46. The van der Waals surface area contributed by atoms with E-state index in [4.69, 9.17) is 0 Å². The number of carbonyl (C=O) groups is 2. The number of nitrogens with zero attached hydrogens (tertiary/aromatic N) is 1. The maximum absolute atomic E-state index is 12.2. The molecular formula is C11H19N3O2. The highest BCUT2D eigenvalue weighted by atomic mass is 16.2. The van der Waals surface area contributed by atoms with Gasteiger partial charge >= 0.3 is 0 Å². The average Bonchev–Trinajstić information content (AvgIpc) is 2.54. The van der Waals surface area contributed by atoms with Gasteiger partial charge in [-0.1, -0.05) is 0 Å². The number of hydrogen-bond acceptors (Lipinski definition) is 3. The van der Waals surface area contributed by atoms with Gasteiger partial charge in [-0.3, -0.25) is 9.59 Å². The van der Waals surface area contributed by atoms with Crippen molar-refractivity contribution >= 4 is 11.8 Å². The van der Waals surface area contributed by atoms with E-state index in [-0.39, 0.29) is 24.3 Å². The van der Waals surface area contributed by atoms with Crippen LogP contribution in [0.15, 0.2) is 0 Å². The van der Waals surface area contributed by atoms with E-state index in [0.29, 0.717) is 13.1 Å². The maximum Gasteiger partial charge on any atom is 0.239 e. The maximum atomic E-state index is 12.2. The molecule has 0 aliphatic carbocycles. The highest BCUT2D eigenvalue weighted by Crippen LogP contribution is 2.15. The van der Waals surface area contributed by atoms with Crippen molar-refractivity contribution in [2.75, 3.05) is 32.7 Å². The first-order chi connectivity index (χ1) is 7.77. The quantitative estimate of drug-likeness (QED) is 0.622. The Bertz CT molecular complexity index is 274. The minimum atomic E-state index is -0.0280. The van der Waals surface area contributed by atoms with Crippen molar-refractivity contribution in [3.8, 4) is 0 Å². The third kappa shape index (κ3) is 2.72. The van der Waals surface area contributed by atoms with E-state index in [0.717, 1.165) is 32.4 Å². The Labute approximate surface area is 95.6 Å². The summed E-state index contributed by atoms with van der Waals surface area (Å²) in [6.07, 6.45) is 2.66. The van der Waals surface area contributed by atoms with Crippen LogP contribution in [0.25, 0.3) is 0 Å². The second-order valence-electron chi connectivity index (χ2n) is 4.49. The van der Waals surface area contributed by atoms with Crippen LogP contribution in [0.4, 0.5) is 0 Å². The Kier molecular flexibility index (Phi) is 3.77. The summed E-state index contributed by atoms with van der Waals surface area (Å²) in [6, 6.07) is 0. The van der Waals surface area contributed by atoms with Crippen molar-refractivity contribution in [3.63, 3.8) is 0 Å². The molecule has 0 aromatic heterocycles. The highest BCUT2D eigenvalue weighted by molar-refractivity contribution is 5.86. The molecule has 2 aliphatic heterocycles. The summed E-state index contributed by atoms with van der Waals surface area (Å²) in [5.74, 6) is 0.255. The summed E-state index contributed by atoms with van der Waals surface area (Å²) in [7, 11) is 0. The lowest BCUT2D eigenvalue weighted by molar-refractivity contribution is -0.139. The molecule has 0 aromatic rings. The van der Waals surface area contributed by atoms with E-state index < -0.39 is 0 Å². The Balaban J connectivity index is 1.93. The zero-order chi connectivity index (χ0) is 11.4. The number of piperidine rings is 1. The summed E-state index contributed by atoms with van der Waals surface area (Å²) >= 11 is 0. The number of nitrogens with one attached hydrogen (secondary N) is 2. The van der Waals surface area contributed by atoms with Crippen LogP contribution in [0.5, 0.6) is 0 Å². The Hall–Kier alpha value is -1.10.